The average molecular weight is 484 g/mol. The van der Waals surface area contributed by atoms with Gasteiger partial charge < -0.3 is 20.9 Å². The van der Waals surface area contributed by atoms with Gasteiger partial charge in [-0.3, -0.25) is 4.79 Å². The maximum absolute atomic E-state index is 11.9. The molecule has 7 nitrogen and oxygen atoms in total. The third kappa shape index (κ3) is 8.42. The lowest BCUT2D eigenvalue weighted by atomic mass is 10.1. The van der Waals surface area contributed by atoms with E-state index in [-0.39, 0.29) is 42.0 Å². The summed E-state index contributed by atoms with van der Waals surface area (Å²) < 4.78 is 0. The standard InChI is InChI=1S/C19H28N6O.HI/c1-5-20-18(23-13-17(26)25-19(2,3)4)22-12-16-21-11-15(24-16)14-9-7-6-8-10-14;/h6-11H,5,12-13H2,1-4H3,(H,21,24)(H,25,26)(H2,20,22,23);1H. The first-order chi connectivity index (χ1) is 12.4. The van der Waals surface area contributed by atoms with Crippen molar-refractivity contribution in [3.05, 3.63) is 42.4 Å². The lowest BCUT2D eigenvalue weighted by Crippen LogP contribution is -2.48. The number of hydrogen-bond donors (Lipinski definition) is 4. The predicted octanol–water partition coefficient (Wildman–Crippen LogP) is 2.66. The summed E-state index contributed by atoms with van der Waals surface area (Å²) in [7, 11) is 0. The predicted molar refractivity (Wildman–Crippen MR) is 120 cm³/mol. The van der Waals surface area contributed by atoms with Gasteiger partial charge >= 0.3 is 0 Å². The van der Waals surface area contributed by atoms with Gasteiger partial charge in [-0.25, -0.2) is 9.98 Å². The van der Waals surface area contributed by atoms with Crippen LogP contribution in [0.25, 0.3) is 11.3 Å². The molecule has 0 unspecified atom stereocenters. The molecule has 0 atom stereocenters. The number of aliphatic imine (C=N–C) groups is 1. The van der Waals surface area contributed by atoms with Crippen LogP contribution in [-0.4, -0.2) is 40.5 Å². The molecule has 1 heterocycles. The van der Waals surface area contributed by atoms with Crippen LogP contribution in [0.3, 0.4) is 0 Å². The molecule has 0 saturated carbocycles. The second kappa shape index (κ2) is 10.9. The molecule has 2 aromatic rings. The summed E-state index contributed by atoms with van der Waals surface area (Å²) in [6.45, 7) is 9.09. The van der Waals surface area contributed by atoms with E-state index in [4.69, 9.17) is 0 Å². The number of hydrogen-bond acceptors (Lipinski definition) is 3. The average Bonchev–Trinajstić information content (AvgIpc) is 3.05. The van der Waals surface area contributed by atoms with Crippen LogP contribution in [0.2, 0.25) is 0 Å². The number of guanidine groups is 1. The second-order valence-corrected chi connectivity index (χ2v) is 6.96. The highest BCUT2D eigenvalue weighted by Gasteiger charge is 2.13. The van der Waals surface area contributed by atoms with Crippen molar-refractivity contribution >= 4 is 35.8 Å². The summed E-state index contributed by atoms with van der Waals surface area (Å²) in [6, 6.07) is 10.0. The number of carbonyl (C=O) groups is 1. The Morgan fingerprint density at radius 3 is 2.52 bits per heavy atom. The molecule has 0 aliphatic rings. The molecular weight excluding hydrogens is 455 g/mol. The number of benzene rings is 1. The van der Waals surface area contributed by atoms with E-state index in [0.29, 0.717) is 19.0 Å². The van der Waals surface area contributed by atoms with Gasteiger partial charge in [-0.1, -0.05) is 30.3 Å². The summed E-state index contributed by atoms with van der Waals surface area (Å²) in [5.41, 5.74) is 1.79. The van der Waals surface area contributed by atoms with E-state index >= 15 is 0 Å². The van der Waals surface area contributed by atoms with E-state index in [2.05, 4.69) is 30.9 Å². The number of nitrogens with one attached hydrogen (secondary N) is 4. The van der Waals surface area contributed by atoms with E-state index < -0.39 is 0 Å². The molecule has 148 valence electrons. The molecule has 0 aliphatic carbocycles. The van der Waals surface area contributed by atoms with Crippen molar-refractivity contribution in [3.63, 3.8) is 0 Å². The van der Waals surface area contributed by atoms with Crippen molar-refractivity contribution in [1.29, 1.82) is 0 Å². The minimum Gasteiger partial charge on any atom is -0.357 e. The second-order valence-electron chi connectivity index (χ2n) is 6.96. The van der Waals surface area contributed by atoms with E-state index in [1.807, 2.05) is 58.0 Å². The molecule has 1 aromatic heterocycles. The largest absolute Gasteiger partial charge is 0.357 e. The Balaban J connectivity index is 0.00000364. The van der Waals surface area contributed by atoms with Gasteiger partial charge in [0, 0.05) is 12.1 Å². The topological polar surface area (TPSA) is 94.2 Å². The molecular formula is C19H29IN6O. The zero-order valence-corrected chi connectivity index (χ0v) is 18.6. The lowest BCUT2D eigenvalue weighted by molar-refractivity contribution is -0.121. The summed E-state index contributed by atoms with van der Waals surface area (Å²) in [5.74, 6) is 1.27. The maximum Gasteiger partial charge on any atom is 0.239 e. The summed E-state index contributed by atoms with van der Waals surface area (Å²) in [5, 5.41) is 9.07. The van der Waals surface area contributed by atoms with Crippen LogP contribution < -0.4 is 16.0 Å². The van der Waals surface area contributed by atoms with Crippen molar-refractivity contribution < 1.29 is 4.79 Å². The number of rotatable bonds is 6. The summed E-state index contributed by atoms with van der Waals surface area (Å²) in [6.07, 6.45) is 1.80. The molecule has 1 amide bonds. The zero-order valence-electron chi connectivity index (χ0n) is 16.3. The Morgan fingerprint density at radius 2 is 1.89 bits per heavy atom. The molecule has 2 rings (SSSR count). The zero-order chi connectivity index (χ0) is 19.0. The Kier molecular flexibility index (Phi) is 9.27. The van der Waals surface area contributed by atoms with Crippen LogP contribution >= 0.6 is 24.0 Å². The molecule has 27 heavy (non-hydrogen) atoms. The van der Waals surface area contributed by atoms with E-state index in [1.54, 1.807) is 6.20 Å². The van der Waals surface area contributed by atoms with Gasteiger partial charge in [0.2, 0.25) is 5.91 Å². The fourth-order valence-corrected chi connectivity index (χ4v) is 2.33. The van der Waals surface area contributed by atoms with Crippen molar-refractivity contribution in [2.24, 2.45) is 4.99 Å². The Labute approximate surface area is 177 Å². The van der Waals surface area contributed by atoms with Gasteiger partial charge in [0.05, 0.1) is 18.4 Å². The molecule has 0 radical (unpaired) electrons. The van der Waals surface area contributed by atoms with Gasteiger partial charge in [-0.2, -0.15) is 0 Å². The van der Waals surface area contributed by atoms with Crippen LogP contribution in [0.4, 0.5) is 0 Å². The molecule has 0 aliphatic heterocycles. The number of nitrogens with zero attached hydrogens (tertiary/aromatic N) is 2. The van der Waals surface area contributed by atoms with E-state index in [9.17, 15) is 4.79 Å². The van der Waals surface area contributed by atoms with Gasteiger partial charge in [0.1, 0.15) is 12.4 Å². The van der Waals surface area contributed by atoms with E-state index in [1.165, 1.54) is 0 Å². The number of H-pyrrole nitrogens is 1. The van der Waals surface area contributed by atoms with Gasteiger partial charge in [-0.15, -0.1) is 24.0 Å². The third-order valence-corrected chi connectivity index (χ3v) is 3.38. The summed E-state index contributed by atoms with van der Waals surface area (Å²) in [4.78, 5) is 24.0. The number of aromatic amines is 1. The van der Waals surface area contributed by atoms with Crippen molar-refractivity contribution in [3.8, 4) is 11.3 Å². The first-order valence-corrected chi connectivity index (χ1v) is 8.80. The normalized spacial score (nSPS) is 11.5. The van der Waals surface area contributed by atoms with Gasteiger partial charge in [0.15, 0.2) is 5.96 Å². The molecule has 0 spiro atoms. The molecule has 8 heteroatoms. The fraction of sp³-hybridized carbons (Fsp3) is 0.421. The van der Waals surface area contributed by atoms with Crippen LogP contribution in [0.1, 0.15) is 33.5 Å². The number of amides is 1. The number of halogens is 1. The SMILES string of the molecule is CCNC(=NCc1ncc(-c2ccccc2)[nH]1)NCC(=O)NC(C)(C)C.I. The minimum atomic E-state index is -0.254. The van der Waals surface area contributed by atoms with Gasteiger partial charge in [-0.05, 0) is 33.3 Å². The summed E-state index contributed by atoms with van der Waals surface area (Å²) >= 11 is 0. The Morgan fingerprint density at radius 1 is 1.19 bits per heavy atom. The highest BCUT2D eigenvalue weighted by atomic mass is 127. The van der Waals surface area contributed by atoms with Crippen LogP contribution in [0.15, 0.2) is 41.5 Å². The van der Waals surface area contributed by atoms with Crippen LogP contribution in [0, 0.1) is 0 Å². The lowest BCUT2D eigenvalue weighted by Gasteiger charge is -2.21. The van der Waals surface area contributed by atoms with Gasteiger partial charge in [0.25, 0.3) is 0 Å². The Hall–Kier alpha value is -2.10. The minimum absolute atomic E-state index is 0. The molecule has 0 saturated heterocycles. The monoisotopic (exact) mass is 484 g/mol. The highest BCUT2D eigenvalue weighted by Crippen LogP contribution is 2.16. The maximum atomic E-state index is 11.9. The smallest absolute Gasteiger partial charge is 0.239 e. The van der Waals surface area contributed by atoms with Crippen LogP contribution in [-0.2, 0) is 11.3 Å². The first-order valence-electron chi connectivity index (χ1n) is 8.80. The Bertz CT molecular complexity index is 736. The third-order valence-electron chi connectivity index (χ3n) is 3.38. The van der Waals surface area contributed by atoms with Crippen molar-refractivity contribution in [2.75, 3.05) is 13.1 Å². The van der Waals surface area contributed by atoms with Crippen molar-refractivity contribution in [1.82, 2.24) is 25.9 Å². The number of carbonyl (C=O) groups excluding carboxylic acids is 1. The fourth-order valence-electron chi connectivity index (χ4n) is 2.33. The number of aromatic nitrogens is 2. The quantitative estimate of drug-likeness (QED) is 0.288. The number of imidazole rings is 1. The molecule has 0 bridgehead atoms. The first kappa shape index (κ1) is 22.9. The molecule has 4 N–H and O–H groups in total. The molecule has 0 fully saturated rings. The van der Waals surface area contributed by atoms with Crippen molar-refractivity contribution in [2.45, 2.75) is 39.8 Å². The molecule has 1 aromatic carbocycles. The van der Waals surface area contributed by atoms with Crippen LogP contribution in [0.5, 0.6) is 0 Å². The van der Waals surface area contributed by atoms with E-state index in [0.717, 1.165) is 17.1 Å². The highest BCUT2D eigenvalue weighted by molar-refractivity contribution is 14.0.